The highest BCUT2D eigenvalue weighted by molar-refractivity contribution is 6.02. The van der Waals surface area contributed by atoms with Gasteiger partial charge >= 0.3 is 5.97 Å². The Morgan fingerprint density at radius 2 is 2.13 bits per heavy atom. The molecule has 0 saturated heterocycles. The highest BCUT2D eigenvalue weighted by Gasteiger charge is 2.54. The van der Waals surface area contributed by atoms with Crippen molar-refractivity contribution < 1.29 is 19.4 Å². The lowest BCUT2D eigenvalue weighted by atomic mass is 10.1. The van der Waals surface area contributed by atoms with Crippen LogP contribution in [0.5, 0.6) is 5.75 Å². The number of carboxylic acid groups (broad SMARTS) is 1. The molecule has 1 aromatic heterocycles. The van der Waals surface area contributed by atoms with Crippen LogP contribution in [0.25, 0.3) is 0 Å². The molecule has 162 valence electrons. The fraction of sp³-hybridized carbons (Fsp3) is 0.455. The molecule has 2 aliphatic carbocycles. The van der Waals surface area contributed by atoms with Crippen molar-refractivity contribution in [2.45, 2.75) is 25.7 Å². The molecule has 5 rings (SSSR count). The largest absolute Gasteiger partial charge is 0.495 e. The number of hydrogen-bond donors (Lipinski definition) is 2. The van der Waals surface area contributed by atoms with Gasteiger partial charge in [-0.05, 0) is 49.8 Å². The summed E-state index contributed by atoms with van der Waals surface area (Å²) in [5.41, 5.74) is 1.12. The zero-order valence-electron chi connectivity index (χ0n) is 17.6. The van der Waals surface area contributed by atoms with E-state index in [1.165, 1.54) is 32.1 Å². The number of nitrogens with one attached hydrogen (secondary N) is 1. The Balaban J connectivity index is 1.50. The van der Waals surface area contributed by atoms with E-state index < -0.39 is 5.97 Å². The first kappa shape index (κ1) is 19.6. The van der Waals surface area contributed by atoms with Gasteiger partial charge in [-0.15, -0.1) is 0 Å². The lowest BCUT2D eigenvalue weighted by Crippen LogP contribution is -2.38. The molecule has 1 amide bonds. The maximum atomic E-state index is 13.0. The van der Waals surface area contributed by atoms with Crippen LogP contribution in [0.15, 0.2) is 24.4 Å². The van der Waals surface area contributed by atoms with Gasteiger partial charge in [-0.2, -0.15) is 4.98 Å². The molecular formula is C22H25N5O4. The van der Waals surface area contributed by atoms with Crippen LogP contribution in [-0.4, -0.2) is 54.2 Å². The highest BCUT2D eigenvalue weighted by atomic mass is 16.5. The third kappa shape index (κ3) is 3.54. The van der Waals surface area contributed by atoms with Crippen LogP contribution in [0, 0.1) is 11.3 Å². The van der Waals surface area contributed by atoms with Gasteiger partial charge in [0.2, 0.25) is 11.9 Å². The van der Waals surface area contributed by atoms with Gasteiger partial charge in [0.05, 0.1) is 30.0 Å². The smallest absolute Gasteiger partial charge is 0.335 e. The standard InChI is InChI=1S/C22H25N5O4/c1-26-16-10-23-21(24-15-6-5-14(19(28)29)9-17(15)31-2)25-18(16)27(11-13-3-4-13)12-22(7-8-22)20(26)30/h5-6,9-10,13H,3-4,7-8,11-12H2,1-2H3,(H,28,29)(H,23,24,25). The molecular weight excluding hydrogens is 398 g/mol. The third-order valence-electron chi connectivity index (χ3n) is 6.39. The van der Waals surface area contributed by atoms with Crippen LogP contribution in [0.3, 0.4) is 0 Å². The number of rotatable bonds is 6. The summed E-state index contributed by atoms with van der Waals surface area (Å²) in [6.45, 7) is 1.58. The number of benzene rings is 1. The monoisotopic (exact) mass is 423 g/mol. The lowest BCUT2D eigenvalue weighted by Gasteiger charge is -2.25. The number of aromatic nitrogens is 2. The second-order valence-electron chi connectivity index (χ2n) is 8.72. The van der Waals surface area contributed by atoms with Crippen LogP contribution >= 0.6 is 0 Å². The number of carbonyl (C=O) groups is 2. The molecule has 2 N–H and O–H groups in total. The topological polar surface area (TPSA) is 108 Å². The van der Waals surface area contributed by atoms with E-state index in [1.54, 1.807) is 24.2 Å². The SMILES string of the molecule is COc1cc(C(=O)O)ccc1Nc1ncc2c(n1)N(CC1CC1)CC1(CC1)C(=O)N2C. The van der Waals surface area contributed by atoms with E-state index >= 15 is 0 Å². The first-order chi connectivity index (χ1) is 14.9. The Hall–Kier alpha value is -3.36. The average molecular weight is 423 g/mol. The zero-order chi connectivity index (χ0) is 21.8. The fourth-order valence-corrected chi connectivity index (χ4v) is 4.20. The van der Waals surface area contributed by atoms with Crippen molar-refractivity contribution in [1.82, 2.24) is 9.97 Å². The molecule has 2 fully saturated rings. The predicted octanol–water partition coefficient (Wildman–Crippen LogP) is 2.90. The van der Waals surface area contributed by atoms with E-state index in [9.17, 15) is 14.7 Å². The van der Waals surface area contributed by atoms with Crippen molar-refractivity contribution in [2.75, 3.05) is 42.4 Å². The van der Waals surface area contributed by atoms with Crippen LogP contribution in [0.4, 0.5) is 23.1 Å². The number of hydrogen-bond acceptors (Lipinski definition) is 7. The fourth-order valence-electron chi connectivity index (χ4n) is 4.20. The number of aromatic carboxylic acids is 1. The lowest BCUT2D eigenvalue weighted by molar-refractivity contribution is -0.122. The van der Waals surface area contributed by atoms with Crippen molar-refractivity contribution >= 4 is 35.0 Å². The second kappa shape index (κ2) is 7.11. The maximum absolute atomic E-state index is 13.0. The van der Waals surface area contributed by atoms with E-state index in [4.69, 9.17) is 9.72 Å². The molecule has 0 bridgehead atoms. The summed E-state index contributed by atoms with van der Waals surface area (Å²) in [5.74, 6) is 1.28. The summed E-state index contributed by atoms with van der Waals surface area (Å²) in [5, 5.41) is 12.3. The van der Waals surface area contributed by atoms with E-state index in [-0.39, 0.29) is 16.9 Å². The quantitative estimate of drug-likeness (QED) is 0.730. The number of carboxylic acids is 1. The zero-order valence-corrected chi connectivity index (χ0v) is 17.6. The number of ether oxygens (including phenoxy) is 1. The Morgan fingerprint density at radius 3 is 2.77 bits per heavy atom. The van der Waals surface area contributed by atoms with Crippen molar-refractivity contribution in [3.63, 3.8) is 0 Å². The summed E-state index contributed by atoms with van der Waals surface area (Å²) in [4.78, 5) is 37.4. The molecule has 31 heavy (non-hydrogen) atoms. The first-order valence-electron chi connectivity index (χ1n) is 10.5. The Bertz CT molecular complexity index is 1060. The molecule has 0 atom stereocenters. The van der Waals surface area contributed by atoms with Crippen LogP contribution in [0.2, 0.25) is 0 Å². The summed E-state index contributed by atoms with van der Waals surface area (Å²) in [7, 11) is 3.28. The Kier molecular flexibility index (Phi) is 4.49. The first-order valence-corrected chi connectivity index (χ1v) is 10.5. The molecule has 9 nitrogen and oxygen atoms in total. The van der Waals surface area contributed by atoms with E-state index in [1.807, 2.05) is 0 Å². The Morgan fingerprint density at radius 1 is 1.35 bits per heavy atom. The molecule has 1 aromatic carbocycles. The van der Waals surface area contributed by atoms with Crippen molar-refractivity contribution in [1.29, 1.82) is 0 Å². The normalized spacial score (nSPS) is 19.1. The number of methoxy groups -OCH3 is 1. The van der Waals surface area contributed by atoms with Gasteiger partial charge in [0, 0.05) is 20.1 Å². The molecule has 1 spiro atoms. The molecule has 0 radical (unpaired) electrons. The van der Waals surface area contributed by atoms with E-state index in [0.29, 0.717) is 35.5 Å². The summed E-state index contributed by atoms with van der Waals surface area (Å²) in [6.07, 6.45) is 5.94. The highest BCUT2D eigenvalue weighted by Crippen LogP contribution is 2.52. The maximum Gasteiger partial charge on any atom is 0.335 e. The molecule has 2 aromatic rings. The molecule has 0 unspecified atom stereocenters. The summed E-state index contributed by atoms with van der Waals surface area (Å²) in [6, 6.07) is 4.59. The molecule has 2 saturated carbocycles. The van der Waals surface area contributed by atoms with E-state index in [2.05, 4.69) is 15.2 Å². The summed E-state index contributed by atoms with van der Waals surface area (Å²) >= 11 is 0. The van der Waals surface area contributed by atoms with Gasteiger partial charge < -0.3 is 25.0 Å². The van der Waals surface area contributed by atoms with Crippen LogP contribution in [-0.2, 0) is 4.79 Å². The number of amides is 1. The van der Waals surface area contributed by atoms with Crippen LogP contribution < -0.4 is 19.9 Å². The van der Waals surface area contributed by atoms with Gasteiger partial charge in [0.1, 0.15) is 11.4 Å². The number of carbonyl (C=O) groups excluding carboxylic acids is 1. The van der Waals surface area contributed by atoms with Gasteiger partial charge in [-0.1, -0.05) is 0 Å². The minimum absolute atomic E-state index is 0.135. The Labute approximate surface area is 180 Å². The number of anilines is 4. The second-order valence-corrected chi connectivity index (χ2v) is 8.72. The minimum Gasteiger partial charge on any atom is -0.495 e. The van der Waals surface area contributed by atoms with Gasteiger partial charge in [0.25, 0.3) is 0 Å². The number of fused-ring (bicyclic) bond motifs is 1. The third-order valence-corrected chi connectivity index (χ3v) is 6.39. The van der Waals surface area contributed by atoms with Gasteiger partial charge in [-0.3, -0.25) is 4.79 Å². The molecule has 3 aliphatic rings. The predicted molar refractivity (Wildman–Crippen MR) is 115 cm³/mol. The molecule has 2 heterocycles. The molecule has 9 heteroatoms. The van der Waals surface area contributed by atoms with E-state index in [0.717, 1.165) is 25.2 Å². The van der Waals surface area contributed by atoms with Gasteiger partial charge in [0.15, 0.2) is 5.82 Å². The van der Waals surface area contributed by atoms with Crippen LogP contribution in [0.1, 0.15) is 36.0 Å². The van der Waals surface area contributed by atoms with Gasteiger partial charge in [-0.25, -0.2) is 9.78 Å². The number of nitrogens with zero attached hydrogens (tertiary/aromatic N) is 4. The average Bonchev–Trinajstić information content (AvgIpc) is 3.69. The van der Waals surface area contributed by atoms with Crippen molar-refractivity contribution in [3.05, 3.63) is 30.0 Å². The van der Waals surface area contributed by atoms with Crippen molar-refractivity contribution in [3.8, 4) is 5.75 Å². The summed E-state index contributed by atoms with van der Waals surface area (Å²) < 4.78 is 5.35. The molecule has 1 aliphatic heterocycles. The minimum atomic E-state index is -1.02. The van der Waals surface area contributed by atoms with Crippen molar-refractivity contribution in [2.24, 2.45) is 11.3 Å².